The van der Waals surface area contributed by atoms with Crippen molar-refractivity contribution in [3.05, 3.63) is 95.7 Å². The topological polar surface area (TPSA) is 116 Å². The molecule has 0 unspecified atom stereocenters. The standard InChI is InChI=1S/C15H13BrN2O2S2.C15H14N2O2S2.BHNS/c1-18-9-12(16)15(17-18)14-7-6-13(21-14)10-4-3-5-11(8-10)22(2,19)20;1-17-9-8-13(16-17)15-7-6-14(20-15)11-4-3-5-12(10-11)21(2,18)19;1-2-3/h3-9H,1-2H3;3-10H,1-2H3;3H. The van der Waals surface area contributed by atoms with Crippen molar-refractivity contribution in [2.75, 3.05) is 12.5 Å². The first-order valence-electron chi connectivity index (χ1n) is 13.2. The van der Waals surface area contributed by atoms with E-state index in [2.05, 4.69) is 50.9 Å². The van der Waals surface area contributed by atoms with Crippen LogP contribution in [0, 0.1) is 0 Å². The van der Waals surface area contributed by atoms with Crippen LogP contribution in [0.1, 0.15) is 0 Å². The van der Waals surface area contributed by atoms with Crippen LogP contribution in [0.2, 0.25) is 0 Å². The average molecular weight is 774 g/mol. The predicted octanol–water partition coefficient (Wildman–Crippen LogP) is 7.38. The Bertz CT molecular complexity index is 2200. The zero-order valence-electron chi connectivity index (χ0n) is 25.1. The van der Waals surface area contributed by atoms with E-state index in [4.69, 9.17) is 0 Å². The van der Waals surface area contributed by atoms with Gasteiger partial charge in [-0.15, -0.1) is 22.7 Å². The molecule has 0 saturated heterocycles. The van der Waals surface area contributed by atoms with E-state index in [9.17, 15) is 16.8 Å². The summed E-state index contributed by atoms with van der Waals surface area (Å²) in [6.45, 7) is 0. The van der Waals surface area contributed by atoms with Crippen LogP contribution in [0.15, 0.2) is 110 Å². The molecule has 0 atom stereocenters. The molecule has 6 rings (SSSR count). The number of thiol groups is 1. The second kappa shape index (κ2) is 15.2. The SMILES string of the molecule is Cn1cc(Br)c(-c2ccc(-c3cccc(S(C)(=O)=O)c3)s2)n1.Cn1ccc(-c2ccc(-c3cccc(S(C)(=O)=O)c3)s2)n1.[B]=NS. The number of aromatic nitrogens is 4. The normalized spacial score (nSPS) is 11.2. The number of rotatable bonds is 6. The molecule has 0 N–H and O–H groups in total. The minimum atomic E-state index is -3.20. The molecule has 16 heteroatoms. The molecule has 4 heterocycles. The number of nitrogens with zero attached hydrogens (tertiary/aromatic N) is 5. The second-order valence-electron chi connectivity index (χ2n) is 9.92. The average Bonchev–Trinajstić information content (AvgIpc) is 3.81. The van der Waals surface area contributed by atoms with Crippen LogP contribution in [0.4, 0.5) is 0 Å². The first-order chi connectivity index (χ1) is 21.7. The Balaban J connectivity index is 0.000000193. The van der Waals surface area contributed by atoms with Crippen molar-refractivity contribution in [1.82, 2.24) is 19.6 Å². The van der Waals surface area contributed by atoms with Crippen molar-refractivity contribution in [3.8, 4) is 42.0 Å². The zero-order chi connectivity index (χ0) is 33.6. The molecule has 0 bridgehead atoms. The molecule has 4 aromatic heterocycles. The van der Waals surface area contributed by atoms with Gasteiger partial charge in [-0.05, 0) is 81.7 Å². The van der Waals surface area contributed by atoms with E-state index in [0.717, 1.165) is 46.5 Å². The fraction of sp³-hybridized carbons (Fsp3) is 0.133. The van der Waals surface area contributed by atoms with Gasteiger partial charge in [-0.25, -0.2) is 16.8 Å². The number of benzene rings is 2. The predicted molar refractivity (Wildman–Crippen MR) is 195 cm³/mol. The van der Waals surface area contributed by atoms with Crippen LogP contribution in [0.25, 0.3) is 42.0 Å². The van der Waals surface area contributed by atoms with Crippen LogP contribution >= 0.6 is 51.4 Å². The molecule has 0 saturated carbocycles. The molecule has 2 aromatic carbocycles. The van der Waals surface area contributed by atoms with E-state index in [-0.39, 0.29) is 0 Å². The Hall–Kier alpha value is -3.15. The van der Waals surface area contributed by atoms with Crippen LogP contribution in [0.3, 0.4) is 0 Å². The molecule has 0 aliphatic carbocycles. The van der Waals surface area contributed by atoms with E-state index >= 15 is 0 Å². The summed E-state index contributed by atoms with van der Waals surface area (Å²) in [6, 6.07) is 24.0. The quantitative estimate of drug-likeness (QED) is 0.140. The van der Waals surface area contributed by atoms with Gasteiger partial charge in [-0.2, -0.15) is 10.2 Å². The molecule has 6 aromatic rings. The molecule has 46 heavy (non-hydrogen) atoms. The number of halogens is 1. The van der Waals surface area contributed by atoms with Crippen molar-refractivity contribution in [2.24, 2.45) is 18.4 Å². The van der Waals surface area contributed by atoms with E-state index < -0.39 is 19.7 Å². The maximum absolute atomic E-state index is 11.7. The Morgan fingerprint density at radius 2 is 1.22 bits per heavy atom. The summed E-state index contributed by atoms with van der Waals surface area (Å²) < 4.78 is 53.8. The van der Waals surface area contributed by atoms with Crippen LogP contribution < -0.4 is 0 Å². The van der Waals surface area contributed by atoms with Crippen molar-refractivity contribution in [2.45, 2.75) is 9.79 Å². The van der Waals surface area contributed by atoms with Crippen molar-refractivity contribution in [3.63, 3.8) is 0 Å². The molecular formula is C30H28BBrN5O4S5. The monoisotopic (exact) mass is 772 g/mol. The summed E-state index contributed by atoms with van der Waals surface area (Å²) in [5.74, 6) is 0. The molecule has 0 fully saturated rings. The molecule has 0 aliphatic heterocycles. The third-order valence-corrected chi connectivity index (χ3v) is 11.4. The zero-order valence-corrected chi connectivity index (χ0v) is 30.8. The van der Waals surface area contributed by atoms with Crippen LogP contribution in [-0.4, -0.2) is 56.5 Å². The first kappa shape index (κ1) is 35.7. The van der Waals surface area contributed by atoms with E-state index in [1.165, 1.54) is 12.5 Å². The number of thiophene rings is 2. The van der Waals surface area contributed by atoms with Gasteiger partial charge in [-0.1, -0.05) is 24.3 Å². The Morgan fingerprint density at radius 3 is 1.65 bits per heavy atom. The maximum atomic E-state index is 11.7. The van der Waals surface area contributed by atoms with Gasteiger partial charge in [-0.3, -0.25) is 9.36 Å². The van der Waals surface area contributed by atoms with Gasteiger partial charge < -0.3 is 0 Å². The van der Waals surface area contributed by atoms with Crippen LogP contribution in [-0.2, 0) is 33.8 Å². The van der Waals surface area contributed by atoms with E-state index in [0.29, 0.717) is 9.79 Å². The molecule has 1 radical (unpaired) electrons. The Morgan fingerprint density at radius 1 is 0.739 bits per heavy atom. The van der Waals surface area contributed by atoms with E-state index in [1.807, 2.05) is 69.0 Å². The summed E-state index contributed by atoms with van der Waals surface area (Å²) in [5.41, 5.74) is 3.61. The fourth-order valence-electron chi connectivity index (χ4n) is 4.18. The molecule has 0 amide bonds. The Labute approximate surface area is 291 Å². The van der Waals surface area contributed by atoms with Gasteiger partial charge in [0, 0.05) is 48.8 Å². The van der Waals surface area contributed by atoms with Gasteiger partial charge in [0.1, 0.15) is 11.4 Å². The summed E-state index contributed by atoms with van der Waals surface area (Å²) in [4.78, 5) is 4.81. The molecule has 9 nitrogen and oxygen atoms in total. The van der Waals surface area contributed by atoms with Gasteiger partial charge in [0.2, 0.25) is 0 Å². The van der Waals surface area contributed by atoms with Crippen LogP contribution in [0.5, 0.6) is 0 Å². The van der Waals surface area contributed by atoms with Gasteiger partial charge >= 0.3 is 24.8 Å². The molecule has 237 valence electrons. The second-order valence-corrected chi connectivity index (χ2v) is 17.2. The summed E-state index contributed by atoms with van der Waals surface area (Å²) in [7, 11) is 1.71. The summed E-state index contributed by atoms with van der Waals surface area (Å²) >= 11 is 9.88. The third-order valence-electron chi connectivity index (χ3n) is 6.29. The van der Waals surface area contributed by atoms with Gasteiger partial charge in [0.15, 0.2) is 19.7 Å². The summed E-state index contributed by atoms with van der Waals surface area (Å²) in [5, 5.41) is 8.80. The molecule has 0 aliphatic rings. The van der Waals surface area contributed by atoms with Crippen molar-refractivity contribution >= 4 is 78.7 Å². The van der Waals surface area contributed by atoms with Crippen molar-refractivity contribution in [1.29, 1.82) is 0 Å². The number of sulfone groups is 2. The van der Waals surface area contributed by atoms with Gasteiger partial charge in [0.05, 0.1) is 24.0 Å². The first-order valence-corrected chi connectivity index (χ1v) is 19.8. The number of aryl methyl sites for hydroxylation is 2. The third kappa shape index (κ3) is 9.23. The number of hydrogen-bond acceptors (Lipinski definition) is 10. The minimum absolute atomic E-state index is 0.332. The van der Waals surface area contributed by atoms with Crippen molar-refractivity contribution < 1.29 is 16.8 Å². The molecule has 0 spiro atoms. The van der Waals surface area contributed by atoms with Gasteiger partial charge in [0.25, 0.3) is 0 Å². The summed E-state index contributed by atoms with van der Waals surface area (Å²) in [6.07, 6.45) is 6.24. The molecular weight excluding hydrogens is 745 g/mol. The number of hydrogen-bond donors (Lipinski definition) is 1. The Kier molecular flexibility index (Phi) is 11.8. The fourth-order valence-corrected chi connectivity index (χ4v) is 8.21. The van der Waals surface area contributed by atoms with E-state index in [1.54, 1.807) is 68.4 Å².